The number of carbonyl (C=O) groups is 3. The lowest BCUT2D eigenvalue weighted by Gasteiger charge is -1.96. The minimum absolute atomic E-state index is 0. The lowest BCUT2D eigenvalue weighted by atomic mass is 10.1. The molecular formula is C15H32O6. The van der Waals surface area contributed by atoms with Crippen LogP contribution in [0.15, 0.2) is 12.2 Å². The standard InChI is InChI=1S/C5H10O2.C5H8O.C4H8O.CH4O.H2O/c1-2-5(3-6)4-7;1-3-5(2)4-6;1-2-3-4-5;1-2;/h3,5,7H,2,4H2,1H3;4H,2-3H2,1H3;4H,2-3H2,1H3;2H,1H3;1H2. The van der Waals surface area contributed by atoms with Crippen LogP contribution >= 0.6 is 0 Å². The minimum atomic E-state index is -0.139. The summed E-state index contributed by atoms with van der Waals surface area (Å²) < 4.78 is 0. The van der Waals surface area contributed by atoms with Crippen LogP contribution in [0.25, 0.3) is 0 Å². The number of rotatable bonds is 7. The van der Waals surface area contributed by atoms with Gasteiger partial charge in [0.2, 0.25) is 0 Å². The molecule has 0 aromatic heterocycles. The van der Waals surface area contributed by atoms with E-state index in [0.29, 0.717) is 12.0 Å². The van der Waals surface area contributed by atoms with Crippen LogP contribution in [0.2, 0.25) is 0 Å². The van der Waals surface area contributed by atoms with E-state index in [-0.39, 0.29) is 18.0 Å². The van der Waals surface area contributed by atoms with Gasteiger partial charge in [-0.15, -0.1) is 0 Å². The monoisotopic (exact) mass is 308 g/mol. The number of carbonyl (C=O) groups excluding carboxylic acids is 3. The van der Waals surface area contributed by atoms with Crippen LogP contribution in [0.1, 0.15) is 46.5 Å². The van der Waals surface area contributed by atoms with Crippen molar-refractivity contribution in [3.05, 3.63) is 12.2 Å². The van der Waals surface area contributed by atoms with E-state index in [9.17, 15) is 14.4 Å². The van der Waals surface area contributed by atoms with Gasteiger partial charge in [-0.1, -0.05) is 27.4 Å². The molecule has 0 spiro atoms. The first-order valence-corrected chi connectivity index (χ1v) is 6.65. The summed E-state index contributed by atoms with van der Waals surface area (Å²) in [5, 5.41) is 15.3. The second-order valence-corrected chi connectivity index (χ2v) is 3.57. The molecule has 0 aliphatic heterocycles. The van der Waals surface area contributed by atoms with Gasteiger partial charge in [-0.25, -0.2) is 0 Å². The van der Waals surface area contributed by atoms with Gasteiger partial charge in [-0.3, -0.25) is 4.79 Å². The predicted octanol–water partition coefficient (Wildman–Crippen LogP) is 1.12. The molecule has 0 aromatic carbocycles. The third kappa shape index (κ3) is 45.6. The van der Waals surface area contributed by atoms with Crippen molar-refractivity contribution in [2.45, 2.75) is 46.5 Å². The molecule has 6 nitrogen and oxygen atoms in total. The molecule has 0 aliphatic carbocycles. The smallest absolute Gasteiger partial charge is 0.145 e. The minimum Gasteiger partial charge on any atom is -0.412 e. The molecule has 0 radical (unpaired) electrons. The molecular weight excluding hydrogens is 276 g/mol. The van der Waals surface area contributed by atoms with E-state index < -0.39 is 0 Å². The first-order valence-electron chi connectivity index (χ1n) is 6.65. The van der Waals surface area contributed by atoms with E-state index in [1.54, 1.807) is 0 Å². The Kier molecular flexibility index (Phi) is 55.0. The van der Waals surface area contributed by atoms with Crippen molar-refractivity contribution >= 4 is 18.9 Å². The van der Waals surface area contributed by atoms with Gasteiger partial charge in [0, 0.05) is 19.4 Å². The lowest BCUT2D eigenvalue weighted by molar-refractivity contribution is -0.112. The molecule has 0 saturated heterocycles. The highest BCUT2D eigenvalue weighted by Gasteiger charge is 1.98. The molecule has 0 aromatic rings. The highest BCUT2D eigenvalue weighted by Crippen LogP contribution is 1.93. The maximum atomic E-state index is 9.81. The summed E-state index contributed by atoms with van der Waals surface area (Å²) in [5.74, 6) is -0.139. The van der Waals surface area contributed by atoms with E-state index in [1.165, 1.54) is 0 Å². The van der Waals surface area contributed by atoms with Crippen molar-refractivity contribution in [2.75, 3.05) is 13.7 Å². The van der Waals surface area contributed by atoms with Crippen LogP contribution in [-0.2, 0) is 14.4 Å². The Bertz CT molecular complexity index is 212. The number of aliphatic hydroxyl groups is 2. The second-order valence-electron chi connectivity index (χ2n) is 3.57. The fourth-order valence-electron chi connectivity index (χ4n) is 0.470. The van der Waals surface area contributed by atoms with Crippen molar-refractivity contribution in [2.24, 2.45) is 5.92 Å². The average Bonchev–Trinajstić information content (AvgIpc) is 2.52. The summed E-state index contributed by atoms with van der Waals surface area (Å²) in [6.07, 6.45) is 5.67. The van der Waals surface area contributed by atoms with Crippen molar-refractivity contribution < 1.29 is 30.1 Å². The van der Waals surface area contributed by atoms with Crippen LogP contribution in [-0.4, -0.2) is 48.3 Å². The summed E-state index contributed by atoms with van der Waals surface area (Å²) in [6, 6.07) is 0. The summed E-state index contributed by atoms with van der Waals surface area (Å²) in [7, 11) is 1.00. The normalized spacial score (nSPS) is 8.67. The first kappa shape index (κ1) is 31.8. The number of allylic oxidation sites excluding steroid dienone is 1. The van der Waals surface area contributed by atoms with Gasteiger partial charge in [-0.05, 0) is 24.8 Å². The maximum absolute atomic E-state index is 9.81. The van der Waals surface area contributed by atoms with E-state index in [2.05, 4.69) is 6.58 Å². The lowest BCUT2D eigenvalue weighted by Crippen LogP contribution is -2.04. The van der Waals surface area contributed by atoms with Gasteiger partial charge < -0.3 is 25.3 Å². The zero-order valence-corrected chi connectivity index (χ0v) is 13.7. The van der Waals surface area contributed by atoms with Crippen LogP contribution in [0.3, 0.4) is 0 Å². The van der Waals surface area contributed by atoms with E-state index in [4.69, 9.17) is 10.2 Å². The Morgan fingerprint density at radius 1 is 1.14 bits per heavy atom. The van der Waals surface area contributed by atoms with Gasteiger partial charge in [0.1, 0.15) is 18.9 Å². The number of hydrogen-bond acceptors (Lipinski definition) is 5. The molecule has 0 bridgehead atoms. The SMILES string of the molecule is C=C(C=O)CC.CCC(C=O)CO.CCCC=O.CO.O. The Balaban J connectivity index is -0.0000000568. The number of aliphatic hydroxyl groups excluding tert-OH is 2. The molecule has 0 amide bonds. The van der Waals surface area contributed by atoms with Crippen LogP contribution in [0.5, 0.6) is 0 Å². The third-order valence-electron chi connectivity index (χ3n) is 1.98. The van der Waals surface area contributed by atoms with E-state index in [1.807, 2.05) is 20.8 Å². The van der Waals surface area contributed by atoms with Crippen LogP contribution < -0.4 is 0 Å². The van der Waals surface area contributed by atoms with Gasteiger partial charge in [0.25, 0.3) is 0 Å². The number of aldehydes is 3. The van der Waals surface area contributed by atoms with Crippen molar-refractivity contribution in [1.29, 1.82) is 0 Å². The molecule has 1 unspecified atom stereocenters. The topological polar surface area (TPSA) is 123 Å². The van der Waals surface area contributed by atoms with Crippen LogP contribution in [0, 0.1) is 5.92 Å². The van der Waals surface area contributed by atoms with Crippen LogP contribution in [0.4, 0.5) is 0 Å². The van der Waals surface area contributed by atoms with Gasteiger partial charge in [0.05, 0.1) is 6.61 Å². The molecule has 0 heterocycles. The molecule has 0 saturated carbocycles. The summed E-state index contributed by atoms with van der Waals surface area (Å²) in [4.78, 5) is 28.8. The van der Waals surface area contributed by atoms with Crippen molar-refractivity contribution in [3.63, 3.8) is 0 Å². The summed E-state index contributed by atoms with van der Waals surface area (Å²) in [6.45, 7) is 9.16. The Hall–Kier alpha value is -1.37. The van der Waals surface area contributed by atoms with Gasteiger partial charge in [0.15, 0.2) is 0 Å². The largest absolute Gasteiger partial charge is 0.412 e. The molecule has 4 N–H and O–H groups in total. The molecule has 6 heteroatoms. The fraction of sp³-hybridized carbons (Fsp3) is 0.667. The highest BCUT2D eigenvalue weighted by atomic mass is 16.3. The Morgan fingerprint density at radius 2 is 1.62 bits per heavy atom. The number of hydrogen-bond donors (Lipinski definition) is 2. The maximum Gasteiger partial charge on any atom is 0.145 e. The third-order valence-corrected chi connectivity index (χ3v) is 1.98. The van der Waals surface area contributed by atoms with Crippen molar-refractivity contribution in [3.8, 4) is 0 Å². The second kappa shape index (κ2) is 36.3. The highest BCUT2D eigenvalue weighted by molar-refractivity contribution is 5.71. The predicted molar refractivity (Wildman–Crippen MR) is 85.2 cm³/mol. The van der Waals surface area contributed by atoms with Gasteiger partial charge in [-0.2, -0.15) is 0 Å². The number of unbranched alkanes of at least 4 members (excludes halogenated alkanes) is 1. The molecule has 128 valence electrons. The molecule has 21 heavy (non-hydrogen) atoms. The van der Waals surface area contributed by atoms with E-state index >= 15 is 0 Å². The zero-order chi connectivity index (χ0) is 16.8. The average molecular weight is 308 g/mol. The zero-order valence-electron chi connectivity index (χ0n) is 13.7. The quantitative estimate of drug-likeness (QED) is 0.539. The molecule has 1 atom stereocenters. The van der Waals surface area contributed by atoms with Gasteiger partial charge >= 0.3 is 0 Å². The Labute approximate surface area is 128 Å². The molecule has 0 fully saturated rings. The molecule has 0 aliphatic rings. The molecule has 0 rings (SSSR count). The first-order chi connectivity index (χ1) is 9.57. The summed E-state index contributed by atoms with van der Waals surface area (Å²) in [5.41, 5.74) is 0.662. The van der Waals surface area contributed by atoms with Crippen molar-refractivity contribution in [1.82, 2.24) is 0 Å². The van der Waals surface area contributed by atoms with E-state index in [0.717, 1.165) is 45.2 Å². The summed E-state index contributed by atoms with van der Waals surface area (Å²) >= 11 is 0. The fourth-order valence-corrected chi connectivity index (χ4v) is 0.470. The Morgan fingerprint density at radius 3 is 1.62 bits per heavy atom.